The summed E-state index contributed by atoms with van der Waals surface area (Å²) < 4.78 is 5.20. The normalized spacial score (nSPS) is 14.4. The third-order valence-electron chi connectivity index (χ3n) is 4.45. The lowest BCUT2D eigenvalue weighted by Crippen LogP contribution is -2.48. The average Bonchev–Trinajstić information content (AvgIpc) is 3.27. The Balaban J connectivity index is 1.30. The summed E-state index contributed by atoms with van der Waals surface area (Å²) in [5, 5.41) is 11.7. The number of piperazine rings is 1. The molecule has 0 radical (unpaired) electrons. The van der Waals surface area contributed by atoms with Gasteiger partial charge in [0.15, 0.2) is 11.6 Å². The van der Waals surface area contributed by atoms with E-state index in [4.69, 9.17) is 4.42 Å². The Morgan fingerprint density at radius 1 is 1.04 bits per heavy atom. The first-order chi connectivity index (χ1) is 13.8. The van der Waals surface area contributed by atoms with Crippen LogP contribution in [0, 0.1) is 0 Å². The number of pyridine rings is 1. The molecule has 142 valence electrons. The number of nitrogens with zero attached hydrogens (tertiary/aromatic N) is 5. The van der Waals surface area contributed by atoms with Crippen molar-refractivity contribution < 1.29 is 9.21 Å². The maximum atomic E-state index is 12.3. The molecule has 0 aliphatic carbocycles. The van der Waals surface area contributed by atoms with Crippen molar-refractivity contribution in [2.45, 2.75) is 0 Å². The molecule has 1 fully saturated rings. The Kier molecular flexibility index (Phi) is 5.28. The third-order valence-corrected chi connectivity index (χ3v) is 4.45. The highest BCUT2D eigenvalue weighted by atomic mass is 16.3. The van der Waals surface area contributed by atoms with Gasteiger partial charge >= 0.3 is 0 Å². The number of hydrogen-bond donors (Lipinski definition) is 1. The first kappa shape index (κ1) is 17.7. The number of carbonyl (C=O) groups is 1. The van der Waals surface area contributed by atoms with Crippen LogP contribution in [0.4, 0.5) is 17.3 Å². The Morgan fingerprint density at radius 2 is 1.86 bits per heavy atom. The maximum Gasteiger partial charge on any atom is 0.246 e. The van der Waals surface area contributed by atoms with Gasteiger partial charge in [0.25, 0.3) is 0 Å². The SMILES string of the molecule is O=C(/C=C/c1ccco1)N1CCN(c2ccc(Nc3ccncc3)nn2)CC1. The smallest absolute Gasteiger partial charge is 0.246 e. The largest absolute Gasteiger partial charge is 0.465 e. The van der Waals surface area contributed by atoms with Gasteiger partial charge in [0.05, 0.1) is 6.26 Å². The Bertz CT molecular complexity index is 917. The lowest BCUT2D eigenvalue weighted by Gasteiger charge is -2.34. The highest BCUT2D eigenvalue weighted by Gasteiger charge is 2.20. The van der Waals surface area contributed by atoms with Gasteiger partial charge in [0.1, 0.15) is 5.76 Å². The molecule has 3 aromatic heterocycles. The number of hydrogen-bond acceptors (Lipinski definition) is 7. The molecule has 1 amide bonds. The van der Waals surface area contributed by atoms with Crippen molar-refractivity contribution in [2.75, 3.05) is 36.4 Å². The van der Waals surface area contributed by atoms with Gasteiger partial charge in [-0.3, -0.25) is 9.78 Å². The van der Waals surface area contributed by atoms with Crippen LogP contribution in [-0.2, 0) is 4.79 Å². The van der Waals surface area contributed by atoms with Gasteiger partial charge in [-0.05, 0) is 42.5 Å². The second kappa shape index (κ2) is 8.34. The van der Waals surface area contributed by atoms with Crippen LogP contribution in [-0.4, -0.2) is 52.2 Å². The molecular formula is C20H20N6O2. The van der Waals surface area contributed by atoms with Crippen LogP contribution in [0.15, 0.2) is 65.5 Å². The molecule has 0 atom stereocenters. The van der Waals surface area contributed by atoms with Crippen LogP contribution in [0.1, 0.15) is 5.76 Å². The molecule has 0 unspecified atom stereocenters. The number of furan rings is 1. The first-order valence-electron chi connectivity index (χ1n) is 9.04. The molecule has 1 aliphatic heterocycles. The standard InChI is InChI=1S/C20H20N6O2/c27-20(6-3-17-2-1-15-28-17)26-13-11-25(12-14-26)19-5-4-18(23-24-19)22-16-7-9-21-10-8-16/h1-10,15H,11-14H2,(H,21,22,23)/b6-3+. The molecule has 1 aliphatic rings. The zero-order valence-electron chi connectivity index (χ0n) is 15.2. The van der Waals surface area contributed by atoms with E-state index in [1.54, 1.807) is 36.9 Å². The summed E-state index contributed by atoms with van der Waals surface area (Å²) in [6, 6.07) is 11.2. The fraction of sp³-hybridized carbons (Fsp3) is 0.200. The number of aromatic nitrogens is 3. The molecule has 0 saturated carbocycles. The fourth-order valence-electron chi connectivity index (χ4n) is 2.94. The predicted molar refractivity (Wildman–Crippen MR) is 106 cm³/mol. The zero-order chi connectivity index (χ0) is 19.2. The highest BCUT2D eigenvalue weighted by Crippen LogP contribution is 2.17. The molecule has 8 heteroatoms. The van der Waals surface area contributed by atoms with Gasteiger partial charge < -0.3 is 19.5 Å². The van der Waals surface area contributed by atoms with Gasteiger partial charge in [-0.2, -0.15) is 0 Å². The lowest BCUT2D eigenvalue weighted by atomic mass is 10.3. The predicted octanol–water partition coefficient (Wildman–Crippen LogP) is 2.57. The van der Waals surface area contributed by atoms with E-state index in [-0.39, 0.29) is 5.91 Å². The number of amides is 1. The number of rotatable bonds is 5. The summed E-state index contributed by atoms with van der Waals surface area (Å²) in [6.45, 7) is 2.71. The molecule has 0 bridgehead atoms. The average molecular weight is 376 g/mol. The number of carbonyl (C=O) groups excluding carboxylic acids is 1. The van der Waals surface area contributed by atoms with E-state index in [9.17, 15) is 4.79 Å². The molecule has 4 heterocycles. The van der Waals surface area contributed by atoms with Crippen LogP contribution in [0.25, 0.3) is 6.08 Å². The van der Waals surface area contributed by atoms with E-state index in [1.165, 1.54) is 0 Å². The Morgan fingerprint density at radius 3 is 2.54 bits per heavy atom. The highest BCUT2D eigenvalue weighted by molar-refractivity contribution is 5.91. The van der Waals surface area contributed by atoms with Crippen LogP contribution in [0.3, 0.4) is 0 Å². The summed E-state index contributed by atoms with van der Waals surface area (Å²) in [5.74, 6) is 2.13. The Hall–Kier alpha value is -3.68. The van der Waals surface area contributed by atoms with E-state index >= 15 is 0 Å². The maximum absolute atomic E-state index is 12.3. The van der Waals surface area contributed by atoms with Crippen LogP contribution in [0.5, 0.6) is 0 Å². The second-order valence-corrected chi connectivity index (χ2v) is 6.30. The monoisotopic (exact) mass is 376 g/mol. The quantitative estimate of drug-likeness (QED) is 0.685. The van der Waals surface area contributed by atoms with Crippen LogP contribution in [0.2, 0.25) is 0 Å². The van der Waals surface area contributed by atoms with E-state index in [2.05, 4.69) is 25.4 Å². The lowest BCUT2D eigenvalue weighted by molar-refractivity contribution is -0.126. The minimum atomic E-state index is -0.0148. The molecule has 8 nitrogen and oxygen atoms in total. The van der Waals surface area contributed by atoms with E-state index in [0.717, 1.165) is 11.5 Å². The summed E-state index contributed by atoms with van der Waals surface area (Å²) in [5.41, 5.74) is 0.909. The third kappa shape index (κ3) is 4.35. The van der Waals surface area contributed by atoms with E-state index < -0.39 is 0 Å². The molecule has 4 rings (SSSR count). The Labute approximate surface area is 162 Å². The summed E-state index contributed by atoms with van der Waals surface area (Å²) in [7, 11) is 0. The molecule has 0 spiro atoms. The molecule has 1 N–H and O–H groups in total. The fourth-order valence-corrected chi connectivity index (χ4v) is 2.94. The van der Waals surface area contributed by atoms with Gasteiger partial charge in [-0.15, -0.1) is 10.2 Å². The summed E-state index contributed by atoms with van der Waals surface area (Å²) in [6.07, 6.45) is 8.26. The molecule has 0 aromatic carbocycles. The van der Waals surface area contributed by atoms with Crippen LogP contribution < -0.4 is 10.2 Å². The van der Waals surface area contributed by atoms with Crippen molar-refractivity contribution in [3.63, 3.8) is 0 Å². The first-order valence-corrected chi connectivity index (χ1v) is 9.04. The van der Waals surface area contributed by atoms with Gasteiger partial charge in [-0.1, -0.05) is 0 Å². The number of nitrogens with one attached hydrogen (secondary N) is 1. The minimum Gasteiger partial charge on any atom is -0.465 e. The molecule has 1 saturated heterocycles. The van der Waals surface area contributed by atoms with Crippen molar-refractivity contribution in [3.8, 4) is 0 Å². The van der Waals surface area contributed by atoms with Gasteiger partial charge in [-0.25, -0.2) is 0 Å². The topological polar surface area (TPSA) is 87.4 Å². The van der Waals surface area contributed by atoms with Crippen molar-refractivity contribution in [3.05, 3.63) is 66.9 Å². The van der Waals surface area contributed by atoms with Crippen molar-refractivity contribution in [2.24, 2.45) is 0 Å². The summed E-state index contributed by atoms with van der Waals surface area (Å²) >= 11 is 0. The second-order valence-electron chi connectivity index (χ2n) is 6.30. The van der Waals surface area contributed by atoms with Gasteiger partial charge in [0, 0.05) is 50.3 Å². The van der Waals surface area contributed by atoms with E-state index in [0.29, 0.717) is 37.8 Å². The van der Waals surface area contributed by atoms with Crippen molar-refractivity contribution >= 4 is 29.3 Å². The van der Waals surface area contributed by atoms with Gasteiger partial charge in [0.2, 0.25) is 5.91 Å². The number of anilines is 3. The van der Waals surface area contributed by atoms with E-state index in [1.807, 2.05) is 35.2 Å². The zero-order valence-corrected chi connectivity index (χ0v) is 15.2. The summed E-state index contributed by atoms with van der Waals surface area (Å²) in [4.78, 5) is 20.2. The molecule has 28 heavy (non-hydrogen) atoms. The molecule has 3 aromatic rings. The molecular weight excluding hydrogens is 356 g/mol. The minimum absolute atomic E-state index is 0.0148. The van der Waals surface area contributed by atoms with Crippen LogP contribution >= 0.6 is 0 Å². The van der Waals surface area contributed by atoms with Crippen molar-refractivity contribution in [1.82, 2.24) is 20.1 Å². The van der Waals surface area contributed by atoms with Crippen molar-refractivity contribution in [1.29, 1.82) is 0 Å².